The lowest BCUT2D eigenvalue weighted by molar-refractivity contribution is -0.137. The zero-order valence-electron chi connectivity index (χ0n) is 14.5. The van der Waals surface area contributed by atoms with Crippen molar-refractivity contribution in [2.24, 2.45) is 0 Å². The van der Waals surface area contributed by atoms with Gasteiger partial charge in [-0.05, 0) is 43.0 Å². The van der Waals surface area contributed by atoms with Crippen LogP contribution in [-0.4, -0.2) is 42.4 Å². The van der Waals surface area contributed by atoms with Gasteiger partial charge in [0.05, 0.1) is 6.54 Å². The van der Waals surface area contributed by atoms with Gasteiger partial charge in [-0.25, -0.2) is 4.79 Å². The van der Waals surface area contributed by atoms with Crippen LogP contribution < -0.4 is 5.32 Å². The lowest BCUT2D eigenvalue weighted by Crippen LogP contribution is -2.40. The van der Waals surface area contributed by atoms with Crippen LogP contribution >= 0.6 is 22.9 Å². The number of amides is 2. The van der Waals surface area contributed by atoms with E-state index in [1.807, 2.05) is 6.92 Å². The summed E-state index contributed by atoms with van der Waals surface area (Å²) in [6, 6.07) is 8.52. The lowest BCUT2D eigenvalue weighted by atomic mass is 10.2. The van der Waals surface area contributed by atoms with Crippen molar-refractivity contribution < 1.29 is 19.1 Å². The average Bonchev–Trinajstić information content (AvgIpc) is 3.15. The van der Waals surface area contributed by atoms with Crippen molar-refractivity contribution in [3.8, 4) is 0 Å². The average molecular weight is 395 g/mol. The Hall–Kier alpha value is -2.38. The van der Waals surface area contributed by atoms with E-state index in [4.69, 9.17) is 16.3 Å². The van der Waals surface area contributed by atoms with Crippen LogP contribution in [0, 0.1) is 6.92 Å². The molecule has 0 radical (unpaired) electrons. The van der Waals surface area contributed by atoms with Crippen molar-refractivity contribution in [2.45, 2.75) is 13.8 Å². The molecule has 0 saturated carbocycles. The number of benzene rings is 1. The minimum absolute atomic E-state index is 0.141. The summed E-state index contributed by atoms with van der Waals surface area (Å²) in [4.78, 5) is 38.0. The van der Waals surface area contributed by atoms with Crippen molar-refractivity contribution in [2.75, 3.05) is 25.0 Å². The third kappa shape index (κ3) is 5.57. The monoisotopic (exact) mass is 394 g/mol. The molecule has 0 unspecified atom stereocenters. The number of anilines is 1. The summed E-state index contributed by atoms with van der Waals surface area (Å²) in [7, 11) is 0. The summed E-state index contributed by atoms with van der Waals surface area (Å²) < 4.78 is 5.00. The van der Waals surface area contributed by atoms with Crippen LogP contribution in [0.3, 0.4) is 0 Å². The fourth-order valence-corrected chi connectivity index (χ4v) is 2.94. The first-order valence-corrected chi connectivity index (χ1v) is 9.21. The molecule has 0 spiro atoms. The molecule has 8 heteroatoms. The number of hydrogen-bond acceptors (Lipinski definition) is 5. The maximum absolute atomic E-state index is 12.2. The summed E-state index contributed by atoms with van der Waals surface area (Å²) in [6.07, 6.45) is 0. The smallest absolute Gasteiger partial charge is 0.348 e. The molecule has 0 aliphatic carbocycles. The predicted octanol–water partition coefficient (Wildman–Crippen LogP) is 3.35. The highest BCUT2D eigenvalue weighted by molar-refractivity contribution is 7.11. The zero-order chi connectivity index (χ0) is 19.1. The first-order chi connectivity index (χ1) is 12.4. The highest BCUT2D eigenvalue weighted by Gasteiger charge is 2.18. The van der Waals surface area contributed by atoms with E-state index in [0.717, 1.165) is 5.56 Å². The normalized spacial score (nSPS) is 10.3. The number of carbonyl (C=O) groups is 3. The Balaban J connectivity index is 1.88. The summed E-state index contributed by atoms with van der Waals surface area (Å²) in [5.74, 6) is -1.34. The van der Waals surface area contributed by atoms with Crippen LogP contribution in [0.25, 0.3) is 0 Å². The fraction of sp³-hybridized carbons (Fsp3) is 0.278. The number of thiophene rings is 1. The standard InChI is InChI=1S/C18H19ClN2O4S/c1-3-21(17(23)11-25-18(24)15-5-4-8-26-15)10-16(22)20-14-9-13(19)7-6-12(14)2/h4-9H,3,10-11H2,1-2H3,(H,20,22). The Labute approximate surface area is 160 Å². The van der Waals surface area contributed by atoms with Crippen LogP contribution in [0.2, 0.25) is 5.02 Å². The van der Waals surface area contributed by atoms with Crippen LogP contribution in [0.1, 0.15) is 22.2 Å². The number of halogens is 1. The van der Waals surface area contributed by atoms with Gasteiger partial charge in [0.1, 0.15) is 4.88 Å². The van der Waals surface area contributed by atoms with Gasteiger partial charge in [0.15, 0.2) is 6.61 Å². The molecule has 1 heterocycles. The first-order valence-electron chi connectivity index (χ1n) is 7.95. The second kappa shape index (κ2) is 9.35. The van der Waals surface area contributed by atoms with E-state index in [2.05, 4.69) is 5.32 Å². The number of nitrogens with zero attached hydrogens (tertiary/aromatic N) is 1. The maximum atomic E-state index is 12.2. The van der Waals surface area contributed by atoms with E-state index in [-0.39, 0.29) is 12.5 Å². The summed E-state index contributed by atoms with van der Waals surface area (Å²) in [5.41, 5.74) is 1.46. The first kappa shape index (κ1) is 19.9. The van der Waals surface area contributed by atoms with Crippen LogP contribution in [0.4, 0.5) is 5.69 Å². The molecule has 2 rings (SSSR count). The van der Waals surface area contributed by atoms with Gasteiger partial charge in [0.25, 0.3) is 5.91 Å². The number of ether oxygens (including phenoxy) is 1. The Morgan fingerprint density at radius 2 is 2.04 bits per heavy atom. The molecule has 0 fully saturated rings. The predicted molar refractivity (Wildman–Crippen MR) is 102 cm³/mol. The number of carbonyl (C=O) groups excluding carboxylic acids is 3. The van der Waals surface area contributed by atoms with Gasteiger partial charge >= 0.3 is 5.97 Å². The molecular weight excluding hydrogens is 376 g/mol. The van der Waals surface area contributed by atoms with Gasteiger partial charge in [-0.1, -0.05) is 23.7 Å². The van der Waals surface area contributed by atoms with E-state index in [1.165, 1.54) is 16.2 Å². The fourth-order valence-electron chi connectivity index (χ4n) is 2.15. The van der Waals surface area contributed by atoms with E-state index < -0.39 is 18.5 Å². The van der Waals surface area contributed by atoms with Crippen LogP contribution in [-0.2, 0) is 14.3 Å². The molecule has 0 aliphatic heterocycles. The third-order valence-electron chi connectivity index (χ3n) is 3.59. The van der Waals surface area contributed by atoms with Crippen molar-refractivity contribution in [1.82, 2.24) is 4.90 Å². The molecule has 0 saturated heterocycles. The Morgan fingerprint density at radius 3 is 2.69 bits per heavy atom. The topological polar surface area (TPSA) is 75.7 Å². The second-order valence-electron chi connectivity index (χ2n) is 5.47. The van der Waals surface area contributed by atoms with E-state index >= 15 is 0 Å². The van der Waals surface area contributed by atoms with Crippen molar-refractivity contribution in [3.05, 3.63) is 51.2 Å². The maximum Gasteiger partial charge on any atom is 0.348 e. The summed E-state index contributed by atoms with van der Waals surface area (Å²) in [5, 5.41) is 4.99. The molecule has 1 N–H and O–H groups in total. The molecule has 0 aliphatic rings. The number of hydrogen-bond donors (Lipinski definition) is 1. The van der Waals surface area contributed by atoms with Gasteiger partial charge in [-0.15, -0.1) is 11.3 Å². The zero-order valence-corrected chi connectivity index (χ0v) is 16.0. The largest absolute Gasteiger partial charge is 0.451 e. The number of rotatable bonds is 7. The molecule has 2 amide bonds. The molecular formula is C18H19ClN2O4S. The minimum Gasteiger partial charge on any atom is -0.451 e. The number of likely N-dealkylation sites (N-methyl/N-ethyl adjacent to an activating group) is 1. The minimum atomic E-state index is -0.552. The molecule has 2 aromatic rings. The van der Waals surface area contributed by atoms with Gasteiger partial charge in [-0.3, -0.25) is 9.59 Å². The summed E-state index contributed by atoms with van der Waals surface area (Å²) >= 11 is 7.17. The van der Waals surface area contributed by atoms with Gasteiger partial charge < -0.3 is 15.0 Å². The molecule has 138 valence electrons. The third-order valence-corrected chi connectivity index (χ3v) is 4.68. The molecule has 1 aromatic carbocycles. The second-order valence-corrected chi connectivity index (χ2v) is 6.85. The van der Waals surface area contributed by atoms with E-state index in [1.54, 1.807) is 42.6 Å². The molecule has 0 bridgehead atoms. The highest BCUT2D eigenvalue weighted by atomic mass is 35.5. The van der Waals surface area contributed by atoms with Gasteiger partial charge in [-0.2, -0.15) is 0 Å². The molecule has 0 atom stereocenters. The number of esters is 1. The van der Waals surface area contributed by atoms with Gasteiger partial charge in [0, 0.05) is 17.3 Å². The SMILES string of the molecule is CCN(CC(=O)Nc1cc(Cl)ccc1C)C(=O)COC(=O)c1cccs1. The molecule has 6 nitrogen and oxygen atoms in total. The molecule has 26 heavy (non-hydrogen) atoms. The van der Waals surface area contributed by atoms with Gasteiger partial charge in [0.2, 0.25) is 5.91 Å². The van der Waals surface area contributed by atoms with Crippen LogP contribution in [0.5, 0.6) is 0 Å². The summed E-state index contributed by atoms with van der Waals surface area (Å²) in [6.45, 7) is 3.36. The van der Waals surface area contributed by atoms with Crippen molar-refractivity contribution in [3.63, 3.8) is 0 Å². The van der Waals surface area contributed by atoms with Crippen molar-refractivity contribution in [1.29, 1.82) is 0 Å². The molecule has 1 aromatic heterocycles. The Bertz CT molecular complexity index is 792. The Kier molecular flexibility index (Phi) is 7.17. The lowest BCUT2D eigenvalue weighted by Gasteiger charge is -2.20. The van der Waals surface area contributed by atoms with Crippen LogP contribution in [0.15, 0.2) is 35.7 Å². The van der Waals surface area contributed by atoms with E-state index in [9.17, 15) is 14.4 Å². The quantitative estimate of drug-likeness (QED) is 0.730. The Morgan fingerprint density at radius 1 is 1.27 bits per heavy atom. The number of nitrogens with one attached hydrogen (secondary N) is 1. The van der Waals surface area contributed by atoms with E-state index in [0.29, 0.717) is 22.1 Å². The number of aryl methyl sites for hydroxylation is 1. The van der Waals surface area contributed by atoms with Crippen molar-refractivity contribution >= 4 is 46.4 Å². The highest BCUT2D eigenvalue weighted by Crippen LogP contribution is 2.20.